The number of fused-ring (bicyclic) bond motifs is 2. The molecule has 0 spiro atoms. The maximum absolute atomic E-state index is 12.1. The first-order valence-electron chi connectivity index (χ1n) is 16.1. The highest BCUT2D eigenvalue weighted by molar-refractivity contribution is 5.83. The SMILES string of the molecule is CCCCC(=O)Cc1ccc2nc(CCCC)c(CCCC)nc2c1.CCCCCCc1ccc2nccnc2c1. The molecule has 41 heavy (non-hydrogen) atoms. The largest absolute Gasteiger partial charge is 0.299 e. The van der Waals surface area contributed by atoms with Crippen LogP contribution in [0.15, 0.2) is 48.8 Å². The van der Waals surface area contributed by atoms with Gasteiger partial charge in [-0.15, -0.1) is 0 Å². The van der Waals surface area contributed by atoms with E-state index in [1.165, 1.54) is 44.1 Å². The fraction of sp³-hybridized carbons (Fsp3) is 0.528. The van der Waals surface area contributed by atoms with Crippen LogP contribution in [0.2, 0.25) is 0 Å². The van der Waals surface area contributed by atoms with Crippen molar-refractivity contribution in [1.82, 2.24) is 19.9 Å². The number of carbonyl (C=O) groups excluding carboxylic acids is 1. The Kier molecular flexibility index (Phi) is 14.4. The molecule has 0 saturated carbocycles. The molecule has 0 aliphatic carbocycles. The first-order valence-corrected chi connectivity index (χ1v) is 16.1. The van der Waals surface area contributed by atoms with E-state index in [-0.39, 0.29) is 0 Å². The van der Waals surface area contributed by atoms with Gasteiger partial charge in [-0.1, -0.05) is 78.4 Å². The number of hydrogen-bond donors (Lipinski definition) is 0. The summed E-state index contributed by atoms with van der Waals surface area (Å²) in [5.74, 6) is 0.319. The fourth-order valence-electron chi connectivity index (χ4n) is 4.98. The predicted octanol–water partition coefficient (Wildman–Crippen LogP) is 9.37. The number of rotatable bonds is 16. The van der Waals surface area contributed by atoms with E-state index < -0.39 is 0 Å². The van der Waals surface area contributed by atoms with Crippen molar-refractivity contribution in [2.24, 2.45) is 0 Å². The molecule has 2 aromatic heterocycles. The summed E-state index contributed by atoms with van der Waals surface area (Å²) < 4.78 is 0. The third-order valence-electron chi connectivity index (χ3n) is 7.48. The van der Waals surface area contributed by atoms with Crippen LogP contribution in [0.4, 0.5) is 0 Å². The molecule has 220 valence electrons. The number of Topliss-reactive ketones (excluding diaryl/α,β-unsaturated/α-hetero) is 1. The number of nitrogens with zero attached hydrogens (tertiary/aromatic N) is 4. The molecule has 0 unspecified atom stereocenters. The van der Waals surface area contributed by atoms with Crippen LogP contribution in [-0.2, 0) is 30.5 Å². The van der Waals surface area contributed by atoms with Gasteiger partial charge in [-0.3, -0.25) is 14.8 Å². The third-order valence-corrected chi connectivity index (χ3v) is 7.48. The van der Waals surface area contributed by atoms with Gasteiger partial charge in [0.15, 0.2) is 0 Å². The molecule has 0 N–H and O–H groups in total. The summed E-state index contributed by atoms with van der Waals surface area (Å²) in [7, 11) is 0. The Bertz CT molecular complexity index is 1350. The topological polar surface area (TPSA) is 68.6 Å². The number of aryl methyl sites for hydroxylation is 3. The molecule has 5 heteroatoms. The van der Waals surface area contributed by atoms with Crippen LogP contribution in [0.3, 0.4) is 0 Å². The second kappa shape index (κ2) is 18.3. The van der Waals surface area contributed by atoms with Gasteiger partial charge >= 0.3 is 0 Å². The Morgan fingerprint density at radius 3 is 1.83 bits per heavy atom. The summed E-state index contributed by atoms with van der Waals surface area (Å²) >= 11 is 0. The number of hydrogen-bond acceptors (Lipinski definition) is 5. The van der Waals surface area contributed by atoms with Gasteiger partial charge < -0.3 is 0 Å². The van der Waals surface area contributed by atoms with Crippen molar-refractivity contribution in [2.45, 2.75) is 124 Å². The highest BCUT2D eigenvalue weighted by atomic mass is 16.1. The normalized spacial score (nSPS) is 11.0. The zero-order chi connectivity index (χ0) is 29.3. The number of ketones is 1. The van der Waals surface area contributed by atoms with Gasteiger partial charge in [0.05, 0.1) is 33.5 Å². The summed E-state index contributed by atoms with van der Waals surface area (Å²) in [6, 6.07) is 12.5. The Morgan fingerprint density at radius 2 is 1.15 bits per heavy atom. The first kappa shape index (κ1) is 32.3. The van der Waals surface area contributed by atoms with E-state index in [2.05, 4.69) is 61.9 Å². The molecule has 2 heterocycles. The van der Waals surface area contributed by atoms with Gasteiger partial charge in [0.1, 0.15) is 5.78 Å². The zero-order valence-corrected chi connectivity index (χ0v) is 25.9. The second-order valence-electron chi connectivity index (χ2n) is 11.2. The molecule has 0 aliphatic rings. The lowest BCUT2D eigenvalue weighted by Gasteiger charge is -2.10. The van der Waals surface area contributed by atoms with E-state index in [0.717, 1.165) is 84.0 Å². The van der Waals surface area contributed by atoms with Crippen LogP contribution in [0.1, 0.15) is 121 Å². The maximum Gasteiger partial charge on any atom is 0.137 e. The van der Waals surface area contributed by atoms with Crippen LogP contribution >= 0.6 is 0 Å². The molecule has 0 atom stereocenters. The molecular formula is C36H50N4O. The quantitative estimate of drug-likeness (QED) is 0.129. The van der Waals surface area contributed by atoms with E-state index in [1.54, 1.807) is 12.4 Å². The molecule has 4 rings (SSSR count). The van der Waals surface area contributed by atoms with Crippen LogP contribution < -0.4 is 0 Å². The number of benzene rings is 2. The lowest BCUT2D eigenvalue weighted by molar-refractivity contribution is -0.118. The highest BCUT2D eigenvalue weighted by Gasteiger charge is 2.10. The lowest BCUT2D eigenvalue weighted by atomic mass is 10.0. The Balaban J connectivity index is 0.000000248. The summed E-state index contributed by atoms with van der Waals surface area (Å²) in [6.07, 6.45) is 19.8. The minimum Gasteiger partial charge on any atom is -0.299 e. The molecule has 0 aliphatic heterocycles. The van der Waals surface area contributed by atoms with Gasteiger partial charge in [0, 0.05) is 25.2 Å². The van der Waals surface area contributed by atoms with Crippen molar-refractivity contribution < 1.29 is 4.79 Å². The molecule has 5 nitrogen and oxygen atoms in total. The van der Waals surface area contributed by atoms with Gasteiger partial charge in [-0.05, 0) is 80.3 Å². The predicted molar refractivity (Wildman–Crippen MR) is 172 cm³/mol. The minimum atomic E-state index is 0.319. The van der Waals surface area contributed by atoms with Crippen LogP contribution in [0.25, 0.3) is 22.1 Å². The number of unbranched alkanes of at least 4 members (excludes halogenated alkanes) is 6. The van der Waals surface area contributed by atoms with Gasteiger partial charge in [-0.2, -0.15) is 0 Å². The molecular weight excluding hydrogens is 504 g/mol. The van der Waals surface area contributed by atoms with Crippen molar-refractivity contribution in [3.63, 3.8) is 0 Å². The summed E-state index contributed by atoms with van der Waals surface area (Å²) in [5, 5.41) is 0. The van der Waals surface area contributed by atoms with Crippen LogP contribution in [0.5, 0.6) is 0 Å². The second-order valence-corrected chi connectivity index (χ2v) is 11.2. The smallest absolute Gasteiger partial charge is 0.137 e. The average Bonchev–Trinajstić information content (AvgIpc) is 3.00. The minimum absolute atomic E-state index is 0.319. The summed E-state index contributed by atoms with van der Waals surface area (Å²) in [5.41, 5.74) is 8.64. The zero-order valence-electron chi connectivity index (χ0n) is 25.9. The Hall–Kier alpha value is -3.21. The van der Waals surface area contributed by atoms with Crippen molar-refractivity contribution in [3.8, 4) is 0 Å². The Morgan fingerprint density at radius 1 is 0.561 bits per heavy atom. The summed E-state index contributed by atoms with van der Waals surface area (Å²) in [6.45, 7) is 8.78. The first-order chi connectivity index (χ1) is 20.1. The number of aromatic nitrogens is 4. The third kappa shape index (κ3) is 10.9. The van der Waals surface area contributed by atoms with E-state index in [1.807, 2.05) is 12.1 Å². The summed E-state index contributed by atoms with van der Waals surface area (Å²) in [4.78, 5) is 30.5. The van der Waals surface area contributed by atoms with Crippen LogP contribution in [-0.4, -0.2) is 25.7 Å². The molecule has 0 radical (unpaired) electrons. The molecule has 0 fully saturated rings. The van der Waals surface area contributed by atoms with Crippen molar-refractivity contribution in [3.05, 3.63) is 71.3 Å². The van der Waals surface area contributed by atoms with Crippen molar-refractivity contribution >= 4 is 27.9 Å². The molecule has 0 amide bonds. The van der Waals surface area contributed by atoms with Gasteiger partial charge in [0.25, 0.3) is 0 Å². The highest BCUT2D eigenvalue weighted by Crippen LogP contribution is 2.19. The fourth-order valence-corrected chi connectivity index (χ4v) is 4.98. The van der Waals surface area contributed by atoms with Gasteiger partial charge in [0.2, 0.25) is 0 Å². The van der Waals surface area contributed by atoms with E-state index in [4.69, 9.17) is 9.97 Å². The van der Waals surface area contributed by atoms with E-state index >= 15 is 0 Å². The molecule has 0 saturated heterocycles. The molecule has 4 aromatic rings. The Labute approximate surface area is 247 Å². The standard InChI is InChI=1S/C22H32N2O.C14H18N2/c1-4-7-10-18(25)15-17-13-14-21-22(16-17)24-20(12-9-6-3)19(23-21)11-8-5-2;1-2-3-4-5-6-12-7-8-13-14(11-12)16-10-9-15-13/h13-14,16H,4-12,15H2,1-3H3;7-11H,2-6H2,1H3. The van der Waals surface area contributed by atoms with E-state index in [9.17, 15) is 4.79 Å². The van der Waals surface area contributed by atoms with Crippen molar-refractivity contribution in [1.29, 1.82) is 0 Å². The van der Waals surface area contributed by atoms with E-state index in [0.29, 0.717) is 18.6 Å². The van der Waals surface area contributed by atoms with Gasteiger partial charge in [-0.25, -0.2) is 9.97 Å². The monoisotopic (exact) mass is 554 g/mol. The molecule has 0 bridgehead atoms. The van der Waals surface area contributed by atoms with Crippen molar-refractivity contribution in [2.75, 3.05) is 0 Å². The average molecular weight is 555 g/mol. The maximum atomic E-state index is 12.1. The lowest BCUT2D eigenvalue weighted by Crippen LogP contribution is -2.05. The van der Waals surface area contributed by atoms with Crippen LogP contribution in [0, 0.1) is 0 Å². The number of carbonyl (C=O) groups is 1. The molecule has 2 aromatic carbocycles.